The van der Waals surface area contributed by atoms with Crippen molar-refractivity contribution in [2.45, 2.75) is 6.42 Å². The first-order valence-corrected chi connectivity index (χ1v) is 7.27. The zero-order valence-corrected chi connectivity index (χ0v) is 12.1. The van der Waals surface area contributed by atoms with Crippen molar-refractivity contribution in [2.75, 3.05) is 20.3 Å². The van der Waals surface area contributed by atoms with Crippen LogP contribution in [0, 0.1) is 0 Å². The van der Waals surface area contributed by atoms with E-state index in [1.165, 1.54) is 5.56 Å². The van der Waals surface area contributed by atoms with Crippen molar-refractivity contribution in [3.8, 4) is 11.5 Å². The van der Waals surface area contributed by atoms with Crippen LogP contribution in [0.15, 0.2) is 41.1 Å². The molecule has 4 nitrogen and oxygen atoms in total. The molecular weight excluding hydrogens is 274 g/mol. The van der Waals surface area contributed by atoms with Crippen molar-refractivity contribution in [2.24, 2.45) is 0 Å². The van der Waals surface area contributed by atoms with Crippen molar-refractivity contribution >= 4 is 17.2 Å². The number of rotatable bonds is 7. The Morgan fingerprint density at radius 1 is 1.20 bits per heavy atom. The fourth-order valence-corrected chi connectivity index (χ4v) is 2.36. The van der Waals surface area contributed by atoms with Crippen molar-refractivity contribution in [1.82, 2.24) is 5.32 Å². The molecule has 1 aromatic carbocycles. The first kappa shape index (κ1) is 14.4. The summed E-state index contributed by atoms with van der Waals surface area (Å²) in [5.41, 5.74) is 1.24. The number of methoxy groups -OCH3 is 1. The smallest absolute Gasteiger partial charge is 0.257 e. The summed E-state index contributed by atoms with van der Waals surface area (Å²) < 4.78 is 10.4. The van der Waals surface area contributed by atoms with Crippen LogP contribution in [-0.4, -0.2) is 26.2 Å². The van der Waals surface area contributed by atoms with Gasteiger partial charge in [0.05, 0.1) is 7.11 Å². The van der Waals surface area contributed by atoms with Gasteiger partial charge < -0.3 is 14.8 Å². The molecule has 5 heteroatoms. The molecule has 0 aliphatic heterocycles. The van der Waals surface area contributed by atoms with Crippen LogP contribution >= 0.6 is 11.3 Å². The van der Waals surface area contributed by atoms with E-state index < -0.39 is 0 Å². The number of benzene rings is 1. The largest absolute Gasteiger partial charge is 0.497 e. The molecule has 2 rings (SSSR count). The average molecular weight is 291 g/mol. The minimum Gasteiger partial charge on any atom is -0.497 e. The SMILES string of the molecule is COc1ccc(OCC(=O)NCCc2ccsc2)cc1. The van der Waals surface area contributed by atoms with E-state index in [0.29, 0.717) is 12.3 Å². The Hall–Kier alpha value is -2.01. The molecule has 0 saturated carbocycles. The van der Waals surface area contributed by atoms with E-state index in [2.05, 4.69) is 16.8 Å². The maximum Gasteiger partial charge on any atom is 0.257 e. The number of amides is 1. The Morgan fingerprint density at radius 2 is 1.95 bits per heavy atom. The van der Waals surface area contributed by atoms with Crippen LogP contribution in [0.5, 0.6) is 11.5 Å². The number of hydrogen-bond donors (Lipinski definition) is 1. The fourth-order valence-electron chi connectivity index (χ4n) is 1.65. The fraction of sp³-hybridized carbons (Fsp3) is 0.267. The van der Waals surface area contributed by atoms with Crippen molar-refractivity contribution in [3.05, 3.63) is 46.7 Å². The van der Waals surface area contributed by atoms with Crippen molar-refractivity contribution in [3.63, 3.8) is 0 Å². The summed E-state index contributed by atoms with van der Waals surface area (Å²) >= 11 is 1.66. The van der Waals surface area contributed by atoms with Gasteiger partial charge in [0, 0.05) is 6.54 Å². The summed E-state index contributed by atoms with van der Waals surface area (Å²) in [6.45, 7) is 0.650. The standard InChI is InChI=1S/C15H17NO3S/c1-18-13-2-4-14(5-3-13)19-10-15(17)16-8-6-12-7-9-20-11-12/h2-5,7,9,11H,6,8,10H2,1H3,(H,16,17). The number of thiophene rings is 1. The third kappa shape index (κ3) is 4.59. The van der Waals surface area contributed by atoms with E-state index in [-0.39, 0.29) is 12.5 Å². The van der Waals surface area contributed by atoms with Crippen molar-refractivity contribution < 1.29 is 14.3 Å². The Kier molecular flexibility index (Phi) is 5.43. The molecule has 1 aromatic heterocycles. The van der Waals surface area contributed by atoms with E-state index >= 15 is 0 Å². The van der Waals surface area contributed by atoms with Crippen LogP contribution in [0.3, 0.4) is 0 Å². The Bertz CT molecular complexity index is 523. The summed E-state index contributed by atoms with van der Waals surface area (Å²) in [7, 11) is 1.61. The van der Waals surface area contributed by atoms with Gasteiger partial charge in [-0.05, 0) is 53.1 Å². The van der Waals surface area contributed by atoms with Gasteiger partial charge >= 0.3 is 0 Å². The van der Waals surface area contributed by atoms with E-state index in [4.69, 9.17) is 9.47 Å². The maximum absolute atomic E-state index is 11.6. The highest BCUT2D eigenvalue weighted by Crippen LogP contribution is 2.16. The van der Waals surface area contributed by atoms with Crippen LogP contribution in [-0.2, 0) is 11.2 Å². The van der Waals surface area contributed by atoms with Crippen LogP contribution in [0.4, 0.5) is 0 Å². The lowest BCUT2D eigenvalue weighted by Gasteiger charge is -2.07. The van der Waals surface area contributed by atoms with E-state index in [9.17, 15) is 4.79 Å². The van der Waals surface area contributed by atoms with Crippen molar-refractivity contribution in [1.29, 1.82) is 0 Å². The second-order valence-electron chi connectivity index (χ2n) is 4.20. The lowest BCUT2D eigenvalue weighted by Crippen LogP contribution is -2.30. The second-order valence-corrected chi connectivity index (χ2v) is 4.98. The topological polar surface area (TPSA) is 47.6 Å². The predicted molar refractivity (Wildman–Crippen MR) is 79.5 cm³/mol. The highest BCUT2D eigenvalue weighted by atomic mass is 32.1. The first-order chi connectivity index (χ1) is 9.78. The highest BCUT2D eigenvalue weighted by Gasteiger charge is 2.03. The Balaban J connectivity index is 1.66. The lowest BCUT2D eigenvalue weighted by molar-refractivity contribution is -0.123. The Morgan fingerprint density at radius 3 is 2.60 bits per heavy atom. The average Bonchev–Trinajstić information content (AvgIpc) is 2.99. The molecule has 0 atom stereocenters. The zero-order chi connectivity index (χ0) is 14.2. The monoisotopic (exact) mass is 291 g/mol. The van der Waals surface area contributed by atoms with Crippen LogP contribution in [0.25, 0.3) is 0 Å². The van der Waals surface area contributed by atoms with Gasteiger partial charge in [-0.25, -0.2) is 0 Å². The van der Waals surface area contributed by atoms with Crippen LogP contribution < -0.4 is 14.8 Å². The molecule has 0 bridgehead atoms. The summed E-state index contributed by atoms with van der Waals surface area (Å²) in [5.74, 6) is 1.30. The lowest BCUT2D eigenvalue weighted by atomic mass is 10.2. The van der Waals surface area contributed by atoms with Gasteiger partial charge in [-0.2, -0.15) is 11.3 Å². The minimum absolute atomic E-state index is 0.0238. The summed E-state index contributed by atoms with van der Waals surface area (Å²) in [5, 5.41) is 6.94. The molecule has 0 saturated heterocycles. The summed E-state index contributed by atoms with van der Waals surface area (Å²) in [4.78, 5) is 11.6. The van der Waals surface area contributed by atoms with Gasteiger partial charge in [0.25, 0.3) is 5.91 Å². The van der Waals surface area contributed by atoms with E-state index in [1.807, 2.05) is 5.38 Å². The molecule has 20 heavy (non-hydrogen) atoms. The molecular formula is C15H17NO3S. The number of nitrogens with one attached hydrogen (secondary N) is 1. The molecule has 0 fully saturated rings. The van der Waals surface area contributed by atoms with Gasteiger partial charge in [0.1, 0.15) is 11.5 Å². The van der Waals surface area contributed by atoms with Gasteiger partial charge in [0.15, 0.2) is 6.61 Å². The summed E-state index contributed by atoms with van der Waals surface area (Å²) in [6, 6.07) is 9.20. The van der Waals surface area contributed by atoms with E-state index in [0.717, 1.165) is 12.2 Å². The molecule has 0 radical (unpaired) electrons. The molecule has 1 heterocycles. The van der Waals surface area contributed by atoms with Crippen LogP contribution in [0.1, 0.15) is 5.56 Å². The van der Waals surface area contributed by atoms with Gasteiger partial charge in [-0.1, -0.05) is 0 Å². The van der Waals surface area contributed by atoms with Gasteiger partial charge in [-0.3, -0.25) is 4.79 Å². The zero-order valence-electron chi connectivity index (χ0n) is 11.3. The highest BCUT2D eigenvalue weighted by molar-refractivity contribution is 7.07. The Labute approximate surface area is 122 Å². The summed E-state index contributed by atoms with van der Waals surface area (Å²) in [6.07, 6.45) is 0.845. The minimum atomic E-state index is -0.115. The molecule has 0 aliphatic carbocycles. The second kappa shape index (κ2) is 7.55. The molecule has 1 amide bonds. The number of carbonyl (C=O) groups excluding carboxylic acids is 1. The third-order valence-corrected chi connectivity index (χ3v) is 3.48. The maximum atomic E-state index is 11.6. The van der Waals surface area contributed by atoms with Gasteiger partial charge in [0.2, 0.25) is 0 Å². The van der Waals surface area contributed by atoms with Crippen LogP contribution in [0.2, 0.25) is 0 Å². The number of carbonyl (C=O) groups is 1. The first-order valence-electron chi connectivity index (χ1n) is 6.32. The molecule has 106 valence electrons. The normalized spacial score (nSPS) is 10.1. The molecule has 0 unspecified atom stereocenters. The molecule has 2 aromatic rings. The molecule has 1 N–H and O–H groups in total. The molecule has 0 spiro atoms. The number of ether oxygens (including phenoxy) is 2. The number of hydrogen-bond acceptors (Lipinski definition) is 4. The molecule has 0 aliphatic rings. The third-order valence-electron chi connectivity index (χ3n) is 2.75. The predicted octanol–water partition coefficient (Wildman–Crippen LogP) is 2.49. The van der Waals surface area contributed by atoms with Gasteiger partial charge in [-0.15, -0.1) is 0 Å². The quantitative estimate of drug-likeness (QED) is 0.852. The van der Waals surface area contributed by atoms with E-state index in [1.54, 1.807) is 42.7 Å².